The first-order valence-electron chi connectivity index (χ1n) is 7.73. The lowest BCUT2D eigenvalue weighted by atomic mass is 9.85. The van der Waals surface area contributed by atoms with E-state index in [4.69, 9.17) is 15.0 Å². The van der Waals surface area contributed by atoms with Crippen LogP contribution < -0.4 is 16.4 Å². The van der Waals surface area contributed by atoms with Gasteiger partial charge in [0.1, 0.15) is 0 Å². The first kappa shape index (κ1) is 15.9. The van der Waals surface area contributed by atoms with Gasteiger partial charge in [-0.05, 0) is 46.9 Å². The van der Waals surface area contributed by atoms with Gasteiger partial charge in [0, 0.05) is 12.8 Å². The van der Waals surface area contributed by atoms with Gasteiger partial charge in [-0.3, -0.25) is 0 Å². The number of nitrogens with one attached hydrogen (secondary N) is 1. The Labute approximate surface area is 138 Å². The summed E-state index contributed by atoms with van der Waals surface area (Å²) >= 11 is 0. The molecular weight excluding hydrogens is 286 g/mol. The zero-order chi connectivity index (χ0) is 16.2. The molecule has 0 saturated heterocycles. The van der Waals surface area contributed by atoms with E-state index in [0.29, 0.717) is 15.1 Å². The molecule has 3 N–H and O–H groups in total. The Kier molecular flexibility index (Phi) is 4.86. The minimum atomic E-state index is 0.238. The molecular formula is C17H20B2N2O2. The highest BCUT2D eigenvalue weighted by atomic mass is 16.4. The molecule has 0 aromatic heterocycles. The quantitative estimate of drug-likeness (QED) is 0.533. The number of benzene rings is 2. The van der Waals surface area contributed by atoms with Gasteiger partial charge in [0.2, 0.25) is 0 Å². The predicted octanol–water partition coefficient (Wildman–Crippen LogP) is 1.35. The number of nitrogens with two attached hydrogens (primary N) is 1. The molecule has 2 aromatic carbocycles. The van der Waals surface area contributed by atoms with Crippen molar-refractivity contribution in [2.45, 2.75) is 6.92 Å². The Balaban J connectivity index is 1.99. The molecule has 116 valence electrons. The van der Waals surface area contributed by atoms with Gasteiger partial charge < -0.3 is 20.3 Å². The summed E-state index contributed by atoms with van der Waals surface area (Å²) in [6, 6.07) is 12.9. The van der Waals surface area contributed by atoms with Gasteiger partial charge in [-0.15, -0.1) is 0 Å². The van der Waals surface area contributed by atoms with Crippen molar-refractivity contribution in [1.82, 2.24) is 0 Å². The molecule has 0 bridgehead atoms. The molecule has 4 nitrogen and oxygen atoms in total. The topological polar surface area (TPSA) is 56.5 Å². The van der Waals surface area contributed by atoms with E-state index in [-0.39, 0.29) is 6.73 Å². The van der Waals surface area contributed by atoms with Crippen molar-refractivity contribution < 1.29 is 9.31 Å². The van der Waals surface area contributed by atoms with E-state index in [1.807, 2.05) is 0 Å². The molecule has 23 heavy (non-hydrogen) atoms. The average molecular weight is 306 g/mol. The van der Waals surface area contributed by atoms with Gasteiger partial charge >= 0.3 is 15.1 Å². The second-order valence-corrected chi connectivity index (χ2v) is 5.47. The molecule has 0 unspecified atom stereocenters. The van der Waals surface area contributed by atoms with Crippen molar-refractivity contribution in [2.24, 2.45) is 5.73 Å². The Morgan fingerprint density at radius 1 is 1.09 bits per heavy atom. The van der Waals surface area contributed by atoms with E-state index in [9.17, 15) is 0 Å². The van der Waals surface area contributed by atoms with Gasteiger partial charge in [0.05, 0.1) is 6.73 Å². The summed E-state index contributed by atoms with van der Waals surface area (Å²) in [7, 11) is 2.72. The second-order valence-electron chi connectivity index (χ2n) is 5.47. The number of hydrogen-bond acceptors (Lipinski definition) is 4. The van der Waals surface area contributed by atoms with E-state index >= 15 is 0 Å². The Bertz CT molecular complexity index is 688. The number of rotatable bonds is 6. The van der Waals surface area contributed by atoms with Gasteiger partial charge in [-0.1, -0.05) is 35.8 Å². The second kappa shape index (κ2) is 7.04. The SMILES string of the molecule is C/C=C1\c2cc(BOCN)ccc2-c2ccc(NBOC)cc21. The zero-order valence-electron chi connectivity index (χ0n) is 13.6. The minimum Gasteiger partial charge on any atom is -0.422 e. The molecule has 1 aliphatic rings. The molecule has 0 atom stereocenters. The Hall–Kier alpha value is -2.01. The van der Waals surface area contributed by atoms with Gasteiger partial charge in [0.15, 0.2) is 0 Å². The van der Waals surface area contributed by atoms with Crippen LogP contribution in [0.3, 0.4) is 0 Å². The smallest absolute Gasteiger partial charge is 0.393 e. The van der Waals surface area contributed by atoms with Gasteiger partial charge in [-0.25, -0.2) is 0 Å². The monoisotopic (exact) mass is 306 g/mol. The molecule has 0 aliphatic heterocycles. The van der Waals surface area contributed by atoms with Gasteiger partial charge in [-0.2, -0.15) is 0 Å². The number of fused-ring (bicyclic) bond motifs is 3. The third-order valence-corrected chi connectivity index (χ3v) is 4.07. The molecule has 0 heterocycles. The van der Waals surface area contributed by atoms with Crippen LogP contribution in [0.5, 0.6) is 0 Å². The first-order chi connectivity index (χ1) is 11.3. The maximum Gasteiger partial charge on any atom is 0.393 e. The third-order valence-electron chi connectivity index (χ3n) is 4.07. The van der Waals surface area contributed by atoms with Crippen LogP contribution in [-0.4, -0.2) is 28.9 Å². The predicted molar refractivity (Wildman–Crippen MR) is 99.3 cm³/mol. The number of allylic oxidation sites excluding steroid dienone is 1. The summed E-state index contributed by atoms with van der Waals surface area (Å²) in [5.41, 5.74) is 13.9. The van der Waals surface area contributed by atoms with Crippen molar-refractivity contribution >= 4 is 31.8 Å². The van der Waals surface area contributed by atoms with Crippen LogP contribution in [0.25, 0.3) is 16.7 Å². The largest absolute Gasteiger partial charge is 0.422 e. The van der Waals surface area contributed by atoms with Crippen LogP contribution in [0.4, 0.5) is 5.69 Å². The van der Waals surface area contributed by atoms with Crippen molar-refractivity contribution in [2.75, 3.05) is 19.1 Å². The Morgan fingerprint density at radius 2 is 1.83 bits per heavy atom. The lowest BCUT2D eigenvalue weighted by molar-refractivity contribution is 0.355. The summed E-state index contributed by atoms with van der Waals surface area (Å²) in [4.78, 5) is 0. The van der Waals surface area contributed by atoms with Crippen molar-refractivity contribution in [3.63, 3.8) is 0 Å². The molecule has 6 heteroatoms. The van der Waals surface area contributed by atoms with E-state index in [2.05, 4.69) is 54.6 Å². The molecule has 1 aliphatic carbocycles. The maximum atomic E-state index is 5.42. The minimum absolute atomic E-state index is 0.238. The molecule has 3 rings (SSSR count). The standard InChI is InChI=1S/C17H20B2N2O2/c1-3-13-16-8-11(18-23-10-20)4-6-14(16)15-7-5-12(9-17(13)15)21-19-22-2/h3-9,18-19,21H,10,20H2,1-2H3/b13-3+. The molecule has 2 aromatic rings. The fourth-order valence-electron chi connectivity index (χ4n) is 3.04. The highest BCUT2D eigenvalue weighted by Gasteiger charge is 2.23. The summed E-state index contributed by atoms with van der Waals surface area (Å²) in [6.45, 7) is 2.31. The molecule has 0 radical (unpaired) electrons. The molecule has 0 amide bonds. The maximum absolute atomic E-state index is 5.42. The highest BCUT2D eigenvalue weighted by Crippen LogP contribution is 2.44. The van der Waals surface area contributed by atoms with Crippen molar-refractivity contribution in [1.29, 1.82) is 0 Å². The van der Waals surface area contributed by atoms with Gasteiger partial charge in [0.25, 0.3) is 0 Å². The van der Waals surface area contributed by atoms with Crippen LogP contribution in [0.1, 0.15) is 18.1 Å². The molecule has 0 spiro atoms. The summed E-state index contributed by atoms with van der Waals surface area (Å²) in [5.74, 6) is 0. The lowest BCUT2D eigenvalue weighted by Gasteiger charge is -2.07. The van der Waals surface area contributed by atoms with E-state index in [0.717, 1.165) is 11.2 Å². The van der Waals surface area contributed by atoms with Crippen LogP contribution in [0.2, 0.25) is 0 Å². The average Bonchev–Trinajstić information content (AvgIpc) is 2.90. The van der Waals surface area contributed by atoms with Crippen LogP contribution >= 0.6 is 0 Å². The first-order valence-corrected chi connectivity index (χ1v) is 7.73. The molecule has 0 saturated carbocycles. The van der Waals surface area contributed by atoms with Crippen molar-refractivity contribution in [3.05, 3.63) is 53.6 Å². The number of hydrogen-bond donors (Lipinski definition) is 2. The van der Waals surface area contributed by atoms with E-state index < -0.39 is 0 Å². The van der Waals surface area contributed by atoms with E-state index in [1.165, 1.54) is 27.8 Å². The molecule has 0 fully saturated rings. The van der Waals surface area contributed by atoms with E-state index in [1.54, 1.807) is 7.11 Å². The van der Waals surface area contributed by atoms with Crippen LogP contribution in [0.15, 0.2) is 42.5 Å². The highest BCUT2D eigenvalue weighted by molar-refractivity contribution is 6.47. The Morgan fingerprint density at radius 3 is 2.52 bits per heavy atom. The summed E-state index contributed by atoms with van der Waals surface area (Å²) in [5, 5.41) is 3.25. The lowest BCUT2D eigenvalue weighted by Crippen LogP contribution is -2.21. The third kappa shape index (κ3) is 3.06. The van der Waals surface area contributed by atoms with Crippen LogP contribution in [-0.2, 0) is 9.31 Å². The fraction of sp³-hybridized carbons (Fsp3) is 0.176. The summed E-state index contributed by atoms with van der Waals surface area (Å²) in [6.07, 6.45) is 2.17. The zero-order valence-corrected chi connectivity index (χ0v) is 13.6. The fourth-order valence-corrected chi connectivity index (χ4v) is 3.04. The summed E-state index contributed by atoms with van der Waals surface area (Å²) < 4.78 is 10.4. The van der Waals surface area contributed by atoms with Crippen molar-refractivity contribution in [3.8, 4) is 11.1 Å². The number of anilines is 1. The normalized spacial score (nSPS) is 13.6. The van der Waals surface area contributed by atoms with Crippen LogP contribution in [0, 0.1) is 0 Å².